The number of benzene rings is 2. The zero-order valence-corrected chi connectivity index (χ0v) is 16.1. The Kier molecular flexibility index (Phi) is 3.45. The van der Waals surface area contributed by atoms with E-state index in [0.717, 1.165) is 17.7 Å². The molecule has 0 spiro atoms. The fourth-order valence-electron chi connectivity index (χ4n) is 4.35. The van der Waals surface area contributed by atoms with Crippen molar-refractivity contribution in [2.24, 2.45) is 16.3 Å². The lowest BCUT2D eigenvalue weighted by atomic mass is 9.84. The molecule has 2 aliphatic heterocycles. The van der Waals surface area contributed by atoms with Gasteiger partial charge in [-0.3, -0.25) is 9.79 Å². The molecule has 1 amide bonds. The van der Waals surface area contributed by atoms with Gasteiger partial charge in [0.15, 0.2) is 0 Å². The fraction of sp³-hybridized carbons (Fsp3) is 0.333. The SMILES string of the molecule is CC(C)(C)C(=O)N1Cc2ccccc2C2=C(C=NC3CC23)c2ccccc21. The normalized spacial score (nSPS) is 22.9. The topological polar surface area (TPSA) is 32.7 Å². The largest absolute Gasteiger partial charge is 0.307 e. The third-order valence-electron chi connectivity index (χ3n) is 5.82. The number of anilines is 1. The van der Waals surface area contributed by atoms with E-state index in [2.05, 4.69) is 42.5 Å². The molecule has 0 saturated heterocycles. The van der Waals surface area contributed by atoms with Gasteiger partial charge < -0.3 is 4.90 Å². The first-order valence-electron chi connectivity index (χ1n) is 9.72. The predicted octanol–water partition coefficient (Wildman–Crippen LogP) is 4.96. The molecule has 0 bridgehead atoms. The molecule has 2 heterocycles. The Hall–Kier alpha value is -2.68. The molecule has 27 heavy (non-hydrogen) atoms. The second-order valence-electron chi connectivity index (χ2n) is 8.83. The van der Waals surface area contributed by atoms with E-state index in [-0.39, 0.29) is 5.91 Å². The minimum atomic E-state index is -0.444. The summed E-state index contributed by atoms with van der Waals surface area (Å²) in [4.78, 5) is 20.1. The average molecular weight is 356 g/mol. The van der Waals surface area contributed by atoms with Gasteiger partial charge in [0.05, 0.1) is 18.3 Å². The van der Waals surface area contributed by atoms with Gasteiger partial charge in [-0.15, -0.1) is 0 Å². The third-order valence-corrected chi connectivity index (χ3v) is 5.82. The number of carbonyl (C=O) groups excluding carboxylic acids is 1. The van der Waals surface area contributed by atoms with Crippen LogP contribution in [0, 0.1) is 11.3 Å². The number of carbonyl (C=O) groups is 1. The molecule has 3 nitrogen and oxygen atoms in total. The molecule has 0 aromatic heterocycles. The van der Waals surface area contributed by atoms with Gasteiger partial charge in [0.1, 0.15) is 0 Å². The Bertz CT molecular complexity index is 1010. The van der Waals surface area contributed by atoms with Gasteiger partial charge in [-0.1, -0.05) is 63.2 Å². The summed E-state index contributed by atoms with van der Waals surface area (Å²) in [5, 5.41) is 0. The molecule has 0 N–H and O–H groups in total. The van der Waals surface area contributed by atoms with E-state index in [1.807, 2.05) is 38.0 Å². The van der Waals surface area contributed by atoms with Gasteiger partial charge in [-0.25, -0.2) is 0 Å². The zero-order valence-electron chi connectivity index (χ0n) is 16.1. The Morgan fingerprint density at radius 3 is 2.52 bits per heavy atom. The highest BCUT2D eigenvalue weighted by atomic mass is 16.2. The molecule has 136 valence electrons. The van der Waals surface area contributed by atoms with Crippen LogP contribution in [0.5, 0.6) is 0 Å². The quantitative estimate of drug-likeness (QED) is 0.656. The Labute approximate surface area is 160 Å². The van der Waals surface area contributed by atoms with Crippen molar-refractivity contribution in [3.8, 4) is 0 Å². The highest BCUT2D eigenvalue weighted by molar-refractivity contribution is 6.24. The number of fused-ring (bicyclic) bond motifs is 6. The number of dihydropyridines is 1. The van der Waals surface area contributed by atoms with Gasteiger partial charge in [-0.05, 0) is 29.2 Å². The van der Waals surface area contributed by atoms with Crippen molar-refractivity contribution in [1.29, 1.82) is 0 Å². The van der Waals surface area contributed by atoms with Gasteiger partial charge in [0.2, 0.25) is 5.91 Å². The first kappa shape index (κ1) is 16.5. The molecule has 1 saturated carbocycles. The summed E-state index contributed by atoms with van der Waals surface area (Å²) in [5.41, 5.74) is 6.77. The maximum Gasteiger partial charge on any atom is 0.232 e. The molecule has 1 fully saturated rings. The van der Waals surface area contributed by atoms with Crippen LogP contribution in [-0.4, -0.2) is 18.2 Å². The molecule has 0 radical (unpaired) electrons. The molecule has 2 aromatic carbocycles. The van der Waals surface area contributed by atoms with Crippen molar-refractivity contribution >= 4 is 29.0 Å². The summed E-state index contributed by atoms with van der Waals surface area (Å²) in [6.45, 7) is 6.58. The van der Waals surface area contributed by atoms with Crippen molar-refractivity contribution in [3.63, 3.8) is 0 Å². The second-order valence-corrected chi connectivity index (χ2v) is 8.83. The Morgan fingerprint density at radius 1 is 1.04 bits per heavy atom. The van der Waals surface area contributed by atoms with Crippen LogP contribution in [0.4, 0.5) is 5.69 Å². The molecule has 1 aliphatic carbocycles. The molecule has 3 heteroatoms. The molecular weight excluding hydrogens is 332 g/mol. The lowest BCUT2D eigenvalue weighted by Gasteiger charge is -2.34. The number of para-hydroxylation sites is 1. The van der Waals surface area contributed by atoms with Gasteiger partial charge in [-0.2, -0.15) is 0 Å². The summed E-state index contributed by atoms with van der Waals surface area (Å²) in [6, 6.07) is 17.3. The molecule has 5 rings (SSSR count). The van der Waals surface area contributed by atoms with Crippen LogP contribution in [0.15, 0.2) is 53.5 Å². The third kappa shape index (κ3) is 2.56. The summed E-state index contributed by atoms with van der Waals surface area (Å²) in [7, 11) is 0. The van der Waals surface area contributed by atoms with E-state index in [1.165, 1.54) is 22.3 Å². The van der Waals surface area contributed by atoms with Crippen molar-refractivity contribution in [1.82, 2.24) is 0 Å². The van der Waals surface area contributed by atoms with E-state index in [0.29, 0.717) is 18.5 Å². The molecular formula is C24H24N2O. The zero-order chi connectivity index (χ0) is 18.8. The maximum atomic E-state index is 13.4. The maximum absolute atomic E-state index is 13.4. The lowest BCUT2D eigenvalue weighted by molar-refractivity contribution is -0.125. The number of hydrogen-bond donors (Lipinski definition) is 0. The minimum Gasteiger partial charge on any atom is -0.307 e. The van der Waals surface area contributed by atoms with E-state index in [4.69, 9.17) is 4.99 Å². The van der Waals surface area contributed by atoms with E-state index < -0.39 is 5.41 Å². The van der Waals surface area contributed by atoms with Crippen LogP contribution in [0.25, 0.3) is 11.1 Å². The van der Waals surface area contributed by atoms with Gasteiger partial charge in [0, 0.05) is 28.7 Å². The number of allylic oxidation sites excluding steroid dienone is 1. The van der Waals surface area contributed by atoms with Crippen molar-refractivity contribution in [2.45, 2.75) is 39.8 Å². The Balaban J connectivity index is 1.80. The van der Waals surface area contributed by atoms with Crippen molar-refractivity contribution in [2.75, 3.05) is 4.90 Å². The summed E-state index contributed by atoms with van der Waals surface area (Å²) < 4.78 is 0. The van der Waals surface area contributed by atoms with Crippen LogP contribution in [0.1, 0.15) is 43.9 Å². The van der Waals surface area contributed by atoms with E-state index in [9.17, 15) is 4.79 Å². The average Bonchev–Trinajstić information content (AvgIpc) is 3.43. The minimum absolute atomic E-state index is 0.144. The number of hydrogen-bond acceptors (Lipinski definition) is 2. The molecule has 3 aliphatic rings. The van der Waals surface area contributed by atoms with Crippen LogP contribution in [0.2, 0.25) is 0 Å². The summed E-state index contributed by atoms with van der Waals surface area (Å²) in [6.07, 6.45) is 3.18. The number of rotatable bonds is 0. The van der Waals surface area contributed by atoms with Crippen LogP contribution < -0.4 is 4.90 Å². The molecule has 2 aromatic rings. The Morgan fingerprint density at radius 2 is 1.74 bits per heavy atom. The summed E-state index contributed by atoms with van der Waals surface area (Å²) >= 11 is 0. The fourth-order valence-corrected chi connectivity index (χ4v) is 4.35. The number of amides is 1. The first-order chi connectivity index (χ1) is 12.9. The van der Waals surface area contributed by atoms with E-state index in [1.54, 1.807) is 0 Å². The van der Waals surface area contributed by atoms with Gasteiger partial charge >= 0.3 is 0 Å². The van der Waals surface area contributed by atoms with Crippen molar-refractivity contribution < 1.29 is 4.79 Å². The summed E-state index contributed by atoms with van der Waals surface area (Å²) in [5.74, 6) is 0.662. The smallest absolute Gasteiger partial charge is 0.232 e. The van der Waals surface area contributed by atoms with Crippen LogP contribution in [-0.2, 0) is 11.3 Å². The lowest BCUT2D eigenvalue weighted by Crippen LogP contribution is -2.40. The van der Waals surface area contributed by atoms with E-state index >= 15 is 0 Å². The number of nitrogens with zero attached hydrogens (tertiary/aromatic N) is 2. The van der Waals surface area contributed by atoms with Gasteiger partial charge in [0.25, 0.3) is 0 Å². The highest BCUT2D eigenvalue weighted by Crippen LogP contribution is 2.52. The second kappa shape index (κ2) is 5.66. The van der Waals surface area contributed by atoms with Crippen LogP contribution >= 0.6 is 0 Å². The van der Waals surface area contributed by atoms with Crippen molar-refractivity contribution in [3.05, 3.63) is 65.2 Å². The predicted molar refractivity (Wildman–Crippen MR) is 111 cm³/mol. The number of aliphatic imine (C=N–C) groups is 1. The molecule has 2 unspecified atom stereocenters. The first-order valence-corrected chi connectivity index (χ1v) is 9.72. The van der Waals surface area contributed by atoms with Crippen LogP contribution in [0.3, 0.4) is 0 Å². The monoisotopic (exact) mass is 356 g/mol. The molecule has 2 atom stereocenters. The standard InChI is InChI=1S/C24H24N2O/c1-24(2,3)23(27)26-14-15-8-4-5-9-16(15)22-18-12-20(18)25-13-19(22)17-10-6-7-11-21(17)26/h4-11,13,18,20H,12,14H2,1-3H3. The highest BCUT2D eigenvalue weighted by Gasteiger charge is 2.45.